The summed E-state index contributed by atoms with van der Waals surface area (Å²) in [6, 6.07) is 8.39. The van der Waals surface area contributed by atoms with Crippen LogP contribution in [0.15, 0.2) is 30.1 Å². The molecule has 1 aromatic carbocycles. The number of rotatable bonds is 4. The molecule has 3 aliphatic heterocycles. The molecule has 0 amide bonds. The molecule has 2 aromatic heterocycles. The maximum absolute atomic E-state index is 13.6. The van der Waals surface area contributed by atoms with E-state index in [2.05, 4.69) is 27.1 Å². The molecule has 1 N–H and O–H groups in total. The second kappa shape index (κ2) is 9.19. The number of aliphatic hydroxyl groups is 1. The number of ether oxygens (including phenoxy) is 2. The molecule has 0 radical (unpaired) electrons. The molecule has 1 unspecified atom stereocenters. The smallest absolute Gasteiger partial charge is 0.144 e. The zero-order chi connectivity index (χ0) is 25.2. The van der Waals surface area contributed by atoms with Gasteiger partial charge in [0, 0.05) is 49.5 Å². The van der Waals surface area contributed by atoms with E-state index in [1.54, 1.807) is 11.3 Å². The van der Waals surface area contributed by atoms with Gasteiger partial charge in [0.15, 0.2) is 0 Å². The van der Waals surface area contributed by atoms with Crippen molar-refractivity contribution in [3.05, 3.63) is 40.0 Å². The van der Waals surface area contributed by atoms with Crippen LogP contribution >= 0.6 is 31.1 Å². The molecule has 192 valence electrons. The molecule has 3 aromatic rings. The van der Waals surface area contributed by atoms with Crippen molar-refractivity contribution in [2.45, 2.75) is 50.1 Å². The minimum atomic E-state index is -1.12. The van der Waals surface area contributed by atoms with Crippen LogP contribution in [0.5, 0.6) is 5.75 Å². The van der Waals surface area contributed by atoms with Crippen LogP contribution in [-0.2, 0) is 22.3 Å². The minimum Gasteiger partial charge on any atom is -0.489 e. The van der Waals surface area contributed by atoms with Crippen molar-refractivity contribution in [3.63, 3.8) is 0 Å². The molecule has 6 rings (SSSR count). The molecule has 1 spiro atoms. The van der Waals surface area contributed by atoms with Crippen molar-refractivity contribution >= 4 is 57.6 Å². The van der Waals surface area contributed by atoms with Gasteiger partial charge >= 0.3 is 0 Å². The lowest BCUT2D eigenvalue weighted by Gasteiger charge is -2.45. The largest absolute Gasteiger partial charge is 0.489 e. The topological polar surface area (TPSA) is 62.2 Å². The number of nitrogens with zero attached hydrogens (tertiary/aromatic N) is 2. The van der Waals surface area contributed by atoms with E-state index < -0.39 is 11.0 Å². The minimum absolute atomic E-state index is 0.0380. The van der Waals surface area contributed by atoms with E-state index in [9.17, 15) is 9.32 Å². The number of hydrogen-bond donors (Lipinski definition) is 1. The fourth-order valence-corrected chi connectivity index (χ4v) is 9.46. The second-order valence-electron chi connectivity index (χ2n) is 10.8. The van der Waals surface area contributed by atoms with Gasteiger partial charge in [0.05, 0.1) is 42.3 Å². The van der Waals surface area contributed by atoms with Crippen molar-refractivity contribution in [1.82, 2.24) is 4.31 Å². The molecule has 6 nitrogen and oxygen atoms in total. The van der Waals surface area contributed by atoms with Crippen LogP contribution in [0, 0.1) is 0 Å². The number of hydrogen-bond acceptors (Lipinski definition) is 6. The van der Waals surface area contributed by atoms with Crippen LogP contribution in [0.4, 0.5) is 5.69 Å². The first-order valence-corrected chi connectivity index (χ1v) is 15.5. The highest BCUT2D eigenvalue weighted by molar-refractivity contribution is 7.84. The van der Waals surface area contributed by atoms with Gasteiger partial charge in [-0.2, -0.15) is 0 Å². The Bertz CT molecular complexity index is 1350. The Morgan fingerprint density at radius 1 is 1.28 bits per heavy atom. The summed E-state index contributed by atoms with van der Waals surface area (Å²) in [5.74, 6) is 2.94. The van der Waals surface area contributed by atoms with Gasteiger partial charge in [0.25, 0.3) is 0 Å². The molecule has 5 heterocycles. The summed E-state index contributed by atoms with van der Waals surface area (Å²) in [6.07, 6.45) is 0.902. The molecule has 10 heteroatoms. The number of fused-ring (bicyclic) bond motifs is 2. The SMILES string of the molecule is CC(C)(C)S(=O)N1C[C@@H](N2CCOc3cc(Cl)cc(-c4ccpc5cc(CO)sc45)c32)CC12COC2. The normalized spacial score (nSPS) is 22.7. The van der Waals surface area contributed by atoms with Gasteiger partial charge in [0.1, 0.15) is 23.3 Å². The molecule has 0 bridgehead atoms. The van der Waals surface area contributed by atoms with Crippen molar-refractivity contribution in [2.75, 3.05) is 37.8 Å². The Labute approximate surface area is 224 Å². The Morgan fingerprint density at radius 2 is 2.08 bits per heavy atom. The van der Waals surface area contributed by atoms with Crippen molar-refractivity contribution in [2.24, 2.45) is 0 Å². The number of benzene rings is 1. The van der Waals surface area contributed by atoms with Crippen LogP contribution in [-0.4, -0.2) is 62.9 Å². The first kappa shape index (κ1) is 25.1. The Morgan fingerprint density at radius 3 is 2.78 bits per heavy atom. The third-order valence-electron chi connectivity index (χ3n) is 7.25. The van der Waals surface area contributed by atoms with Gasteiger partial charge in [-0.1, -0.05) is 19.8 Å². The summed E-state index contributed by atoms with van der Waals surface area (Å²) in [5.41, 5.74) is 3.03. The summed E-state index contributed by atoms with van der Waals surface area (Å²) in [6.45, 7) is 9.46. The molecule has 3 aliphatic rings. The molecule has 0 saturated carbocycles. The highest BCUT2D eigenvalue weighted by Crippen LogP contribution is 2.50. The average molecular weight is 565 g/mol. The Hall–Kier alpha value is -1.25. The predicted molar refractivity (Wildman–Crippen MR) is 150 cm³/mol. The van der Waals surface area contributed by atoms with Crippen LogP contribution in [0.25, 0.3) is 20.9 Å². The van der Waals surface area contributed by atoms with E-state index in [-0.39, 0.29) is 22.9 Å². The maximum atomic E-state index is 13.6. The van der Waals surface area contributed by atoms with Crippen LogP contribution < -0.4 is 9.64 Å². The summed E-state index contributed by atoms with van der Waals surface area (Å²) < 4.78 is 28.4. The molecule has 2 saturated heterocycles. The number of anilines is 1. The average Bonchev–Trinajstić information content (AvgIpc) is 3.43. The van der Waals surface area contributed by atoms with Gasteiger partial charge in [-0.15, -0.1) is 11.3 Å². The number of aliphatic hydroxyl groups excluding tert-OH is 1. The molecular weight excluding hydrogens is 535 g/mol. The molecular formula is C26H30ClN2O4PS2. The van der Waals surface area contributed by atoms with Gasteiger partial charge < -0.3 is 19.5 Å². The predicted octanol–water partition coefficient (Wildman–Crippen LogP) is 5.80. The Balaban J connectivity index is 1.45. The molecule has 2 fully saturated rings. The highest BCUT2D eigenvalue weighted by atomic mass is 35.5. The zero-order valence-electron chi connectivity index (χ0n) is 20.6. The van der Waals surface area contributed by atoms with Crippen LogP contribution in [0.1, 0.15) is 32.1 Å². The molecule has 2 atom stereocenters. The number of thiophene rings is 1. The maximum Gasteiger partial charge on any atom is 0.144 e. The van der Waals surface area contributed by atoms with E-state index in [1.165, 1.54) is 9.82 Å². The summed E-state index contributed by atoms with van der Waals surface area (Å²) in [5, 5.41) is 11.6. The van der Waals surface area contributed by atoms with Gasteiger partial charge in [-0.05, 0) is 51.2 Å². The standard InChI is InChI=1S/C26H30ClN2O4PS2/c1-25(2,3)36(31)29-12-17(11-26(29)14-32-15-26)28-5-6-33-21-9-16(27)8-20(23(21)28)19-4-7-34-22-10-18(13-30)35-24(19)22/h4,7-10,17,30H,5-6,11-15H2,1-3H3/t17-,36?/m0/s1. The second-order valence-corrected chi connectivity index (χ2v) is 15.6. The van der Waals surface area contributed by atoms with Gasteiger partial charge in [0.2, 0.25) is 0 Å². The van der Waals surface area contributed by atoms with Crippen molar-refractivity contribution in [1.29, 1.82) is 0 Å². The third kappa shape index (κ3) is 4.10. The summed E-state index contributed by atoms with van der Waals surface area (Å²) >= 11 is 8.26. The molecule has 0 aliphatic carbocycles. The highest BCUT2D eigenvalue weighted by Gasteiger charge is 2.56. The van der Waals surface area contributed by atoms with E-state index in [0.29, 0.717) is 24.8 Å². The van der Waals surface area contributed by atoms with E-state index in [1.807, 2.05) is 32.9 Å². The molecule has 36 heavy (non-hydrogen) atoms. The number of halogens is 1. The first-order valence-electron chi connectivity index (χ1n) is 12.2. The van der Waals surface area contributed by atoms with E-state index in [4.69, 9.17) is 21.1 Å². The van der Waals surface area contributed by atoms with Crippen molar-refractivity contribution in [3.8, 4) is 16.9 Å². The lowest BCUT2D eigenvalue weighted by Crippen LogP contribution is -2.60. The van der Waals surface area contributed by atoms with Gasteiger partial charge in [-0.25, -0.2) is 8.51 Å². The van der Waals surface area contributed by atoms with E-state index in [0.717, 1.165) is 55.1 Å². The van der Waals surface area contributed by atoms with Crippen LogP contribution in [0.3, 0.4) is 0 Å². The first-order chi connectivity index (χ1) is 17.2. The fourth-order valence-electron chi connectivity index (χ4n) is 5.57. The summed E-state index contributed by atoms with van der Waals surface area (Å²) in [7, 11) is 0.00961. The monoisotopic (exact) mass is 564 g/mol. The zero-order valence-corrected chi connectivity index (χ0v) is 23.9. The lowest BCUT2D eigenvalue weighted by molar-refractivity contribution is -0.0954. The van der Waals surface area contributed by atoms with Gasteiger partial charge in [-0.3, -0.25) is 0 Å². The third-order valence-corrected chi connectivity index (χ3v) is 11.7. The van der Waals surface area contributed by atoms with E-state index >= 15 is 0 Å². The quantitative estimate of drug-likeness (QED) is 0.434. The van der Waals surface area contributed by atoms with Crippen molar-refractivity contribution < 1.29 is 18.8 Å². The van der Waals surface area contributed by atoms with Crippen LogP contribution in [0.2, 0.25) is 5.02 Å². The fraction of sp³-hybridized carbons (Fsp3) is 0.500. The lowest BCUT2D eigenvalue weighted by atomic mass is 9.92. The summed E-state index contributed by atoms with van der Waals surface area (Å²) in [4.78, 5) is 3.42. The Kier molecular flexibility index (Phi) is 6.40.